The lowest BCUT2D eigenvalue weighted by atomic mass is 10.3. The number of halogens is 1. The van der Waals surface area contributed by atoms with Crippen molar-refractivity contribution in [1.82, 2.24) is 20.2 Å². The van der Waals surface area contributed by atoms with Gasteiger partial charge in [-0.05, 0) is 24.6 Å². The van der Waals surface area contributed by atoms with Crippen molar-refractivity contribution in [3.8, 4) is 11.6 Å². The smallest absolute Gasteiger partial charge is 0.213 e. The van der Waals surface area contributed by atoms with E-state index in [4.69, 9.17) is 9.47 Å². The Morgan fingerprint density at radius 2 is 1.90 bits per heavy atom. The molecule has 9 heteroatoms. The Balaban J connectivity index is 0.00000341. The van der Waals surface area contributed by atoms with Crippen LogP contribution < -0.4 is 14.8 Å². The molecule has 7 nitrogen and oxygen atoms in total. The van der Waals surface area contributed by atoms with E-state index >= 15 is 0 Å². The Morgan fingerprint density at radius 3 is 2.55 bits per heavy atom. The molecule has 166 valence electrons. The van der Waals surface area contributed by atoms with E-state index in [1.165, 1.54) is 0 Å². The molecule has 1 aromatic carbocycles. The summed E-state index contributed by atoms with van der Waals surface area (Å²) in [4.78, 5) is 15.3. The van der Waals surface area contributed by atoms with Crippen LogP contribution in [0.15, 0.2) is 59.0 Å². The van der Waals surface area contributed by atoms with Crippen LogP contribution in [0.4, 0.5) is 0 Å². The molecule has 3 aromatic rings. The Kier molecular flexibility index (Phi) is 10.5. The van der Waals surface area contributed by atoms with E-state index in [1.54, 1.807) is 24.6 Å². The fraction of sp³-hybridized carbons (Fsp3) is 0.318. The van der Waals surface area contributed by atoms with Crippen molar-refractivity contribution in [3.63, 3.8) is 0 Å². The Labute approximate surface area is 204 Å². The van der Waals surface area contributed by atoms with Gasteiger partial charge in [0.2, 0.25) is 5.88 Å². The maximum Gasteiger partial charge on any atom is 0.213 e. The average molecular weight is 553 g/mol. The monoisotopic (exact) mass is 553 g/mol. The van der Waals surface area contributed by atoms with Crippen molar-refractivity contribution in [2.75, 3.05) is 27.3 Å². The van der Waals surface area contributed by atoms with E-state index < -0.39 is 0 Å². The van der Waals surface area contributed by atoms with Gasteiger partial charge in [-0.2, -0.15) is 0 Å². The summed E-state index contributed by atoms with van der Waals surface area (Å²) in [5.41, 5.74) is 2.09. The van der Waals surface area contributed by atoms with Gasteiger partial charge in [0.15, 0.2) is 5.96 Å². The van der Waals surface area contributed by atoms with Gasteiger partial charge in [-0.3, -0.25) is 4.99 Å². The first-order valence-electron chi connectivity index (χ1n) is 9.72. The van der Waals surface area contributed by atoms with Crippen LogP contribution in [0.2, 0.25) is 0 Å². The molecule has 0 bridgehead atoms. The highest BCUT2D eigenvalue weighted by Crippen LogP contribution is 2.11. The van der Waals surface area contributed by atoms with Crippen LogP contribution in [0.25, 0.3) is 0 Å². The minimum Gasteiger partial charge on any atom is -0.490 e. The molecular weight excluding hydrogens is 525 g/mol. The van der Waals surface area contributed by atoms with Crippen molar-refractivity contribution < 1.29 is 9.47 Å². The zero-order valence-corrected chi connectivity index (χ0v) is 21.1. The molecule has 0 aliphatic heterocycles. The SMILES string of the molecule is CN=C(NCc1ccc(OCCOc2ccccc2)nc1)N(C)Cc1csc(C)n1.I. The number of hydrogen-bond donors (Lipinski definition) is 1. The van der Waals surface area contributed by atoms with E-state index in [-0.39, 0.29) is 24.0 Å². The number of nitrogens with one attached hydrogen (secondary N) is 1. The molecule has 2 heterocycles. The van der Waals surface area contributed by atoms with Crippen LogP contribution >= 0.6 is 35.3 Å². The van der Waals surface area contributed by atoms with Gasteiger partial charge in [0.1, 0.15) is 19.0 Å². The Morgan fingerprint density at radius 1 is 1.13 bits per heavy atom. The molecule has 31 heavy (non-hydrogen) atoms. The summed E-state index contributed by atoms with van der Waals surface area (Å²) in [6, 6.07) is 13.5. The largest absolute Gasteiger partial charge is 0.490 e. The van der Waals surface area contributed by atoms with Crippen molar-refractivity contribution in [3.05, 3.63) is 70.3 Å². The Hall–Kier alpha value is -2.40. The highest BCUT2D eigenvalue weighted by Gasteiger charge is 2.09. The number of aliphatic imine (C=N–C) groups is 1. The third-order valence-corrected chi connectivity index (χ3v) is 5.05. The number of para-hydroxylation sites is 1. The zero-order chi connectivity index (χ0) is 21.2. The van der Waals surface area contributed by atoms with Gasteiger partial charge in [0.25, 0.3) is 0 Å². The van der Waals surface area contributed by atoms with Crippen molar-refractivity contribution in [2.45, 2.75) is 20.0 Å². The number of ether oxygens (including phenoxy) is 2. The van der Waals surface area contributed by atoms with Crippen molar-refractivity contribution in [1.29, 1.82) is 0 Å². The van der Waals surface area contributed by atoms with Gasteiger partial charge >= 0.3 is 0 Å². The maximum atomic E-state index is 5.64. The first kappa shape index (κ1) is 24.9. The van der Waals surface area contributed by atoms with E-state index in [1.807, 2.05) is 61.3 Å². The van der Waals surface area contributed by atoms with Crippen LogP contribution in [0.5, 0.6) is 11.6 Å². The Bertz CT molecular complexity index is 935. The molecule has 0 saturated carbocycles. The molecule has 0 saturated heterocycles. The van der Waals surface area contributed by atoms with Crippen molar-refractivity contribution >= 4 is 41.3 Å². The van der Waals surface area contributed by atoms with Gasteiger partial charge in [-0.1, -0.05) is 24.3 Å². The van der Waals surface area contributed by atoms with E-state index in [0.717, 1.165) is 28.0 Å². The number of guanidine groups is 1. The summed E-state index contributed by atoms with van der Waals surface area (Å²) < 4.78 is 11.3. The third-order valence-electron chi connectivity index (χ3n) is 4.23. The van der Waals surface area contributed by atoms with Crippen LogP contribution in [0, 0.1) is 6.92 Å². The number of aryl methyl sites for hydroxylation is 1. The molecular formula is C22H28IN5O2S. The molecule has 1 N–H and O–H groups in total. The highest BCUT2D eigenvalue weighted by molar-refractivity contribution is 14.0. The lowest BCUT2D eigenvalue weighted by Crippen LogP contribution is -2.38. The predicted molar refractivity (Wildman–Crippen MR) is 136 cm³/mol. The van der Waals surface area contributed by atoms with Crippen LogP contribution in [-0.4, -0.2) is 48.1 Å². The fourth-order valence-corrected chi connectivity index (χ4v) is 3.39. The summed E-state index contributed by atoms with van der Waals surface area (Å²) in [5.74, 6) is 2.22. The van der Waals surface area contributed by atoms with Gasteiger partial charge in [-0.25, -0.2) is 9.97 Å². The van der Waals surface area contributed by atoms with Crippen LogP contribution in [0.3, 0.4) is 0 Å². The van der Waals surface area contributed by atoms with E-state index in [2.05, 4.69) is 25.7 Å². The normalized spacial score (nSPS) is 10.9. The average Bonchev–Trinajstić information content (AvgIpc) is 3.18. The lowest BCUT2D eigenvalue weighted by molar-refractivity contribution is 0.212. The molecule has 0 radical (unpaired) electrons. The molecule has 0 aliphatic rings. The second kappa shape index (κ2) is 13.1. The van der Waals surface area contributed by atoms with E-state index in [9.17, 15) is 0 Å². The third kappa shape index (κ3) is 8.33. The molecule has 2 aromatic heterocycles. The second-order valence-electron chi connectivity index (χ2n) is 6.63. The molecule has 0 unspecified atom stereocenters. The summed E-state index contributed by atoms with van der Waals surface area (Å²) in [6.07, 6.45) is 1.80. The molecule has 0 aliphatic carbocycles. The van der Waals surface area contributed by atoms with Crippen LogP contribution in [0.1, 0.15) is 16.3 Å². The number of pyridine rings is 1. The van der Waals surface area contributed by atoms with Gasteiger partial charge in [0.05, 0.1) is 17.2 Å². The molecule has 0 spiro atoms. The fourth-order valence-electron chi connectivity index (χ4n) is 2.79. The van der Waals surface area contributed by atoms with Crippen molar-refractivity contribution in [2.24, 2.45) is 4.99 Å². The summed E-state index contributed by atoms with van der Waals surface area (Å²) >= 11 is 1.66. The number of thiazole rings is 1. The number of benzene rings is 1. The minimum absolute atomic E-state index is 0. The molecule has 0 atom stereocenters. The number of rotatable bonds is 9. The number of aromatic nitrogens is 2. The van der Waals surface area contributed by atoms with Gasteiger partial charge < -0.3 is 19.7 Å². The van der Waals surface area contributed by atoms with Crippen LogP contribution in [-0.2, 0) is 13.1 Å². The first-order valence-corrected chi connectivity index (χ1v) is 10.6. The summed E-state index contributed by atoms with van der Waals surface area (Å²) in [7, 11) is 3.77. The summed E-state index contributed by atoms with van der Waals surface area (Å²) in [5, 5.41) is 6.50. The maximum absolute atomic E-state index is 5.64. The van der Waals surface area contributed by atoms with Gasteiger partial charge in [-0.15, -0.1) is 35.3 Å². The standard InChI is InChI=1S/C22H27N5O2S.HI/c1-17-26-19(16-30-17)15-27(3)22(23-2)25-14-18-9-10-21(24-13-18)29-12-11-28-20-7-5-4-6-8-20;/h4-10,13,16H,11-12,14-15H2,1-3H3,(H,23,25);1H. The predicted octanol–water partition coefficient (Wildman–Crippen LogP) is 4.13. The van der Waals surface area contributed by atoms with E-state index in [0.29, 0.717) is 32.2 Å². The minimum atomic E-state index is 0. The zero-order valence-electron chi connectivity index (χ0n) is 17.9. The van der Waals surface area contributed by atoms with Gasteiger partial charge in [0, 0.05) is 38.3 Å². The molecule has 3 rings (SSSR count). The highest BCUT2D eigenvalue weighted by atomic mass is 127. The molecule has 0 fully saturated rings. The quantitative estimate of drug-likeness (QED) is 0.186. The summed E-state index contributed by atoms with van der Waals surface area (Å²) in [6.45, 7) is 4.25. The number of nitrogens with zero attached hydrogens (tertiary/aromatic N) is 4. The first-order chi connectivity index (χ1) is 14.6. The second-order valence-corrected chi connectivity index (χ2v) is 7.69. The lowest BCUT2D eigenvalue weighted by Gasteiger charge is -2.21. The number of hydrogen-bond acceptors (Lipinski definition) is 6. The molecule has 0 amide bonds. The topological polar surface area (TPSA) is 71.9 Å².